The molecule has 5 nitrogen and oxygen atoms in total. The minimum atomic E-state index is -0.453. The van der Waals surface area contributed by atoms with Gasteiger partial charge in [-0.25, -0.2) is 4.98 Å². The largest absolute Gasteiger partial charge is 0.299 e. The summed E-state index contributed by atoms with van der Waals surface area (Å²) in [5.74, 6) is -0.170. The Hall–Kier alpha value is -2.30. The average molecular weight is 258 g/mol. The average Bonchev–Trinajstić information content (AvgIpc) is 2.44. The highest BCUT2D eigenvalue weighted by atomic mass is 16.6. The lowest BCUT2D eigenvalue weighted by Crippen LogP contribution is -2.08. The Kier molecular flexibility index (Phi) is 3.55. The van der Waals surface area contributed by atoms with E-state index in [1.54, 1.807) is 18.2 Å². The third kappa shape index (κ3) is 2.31. The van der Waals surface area contributed by atoms with Gasteiger partial charge in [0.05, 0.1) is 4.92 Å². The number of benzene rings is 1. The van der Waals surface area contributed by atoms with Crippen molar-refractivity contribution >= 4 is 22.4 Å². The number of nitro groups is 1. The van der Waals surface area contributed by atoms with Crippen molar-refractivity contribution in [2.75, 3.05) is 0 Å². The summed E-state index contributed by atoms with van der Waals surface area (Å²) in [5.41, 5.74) is 1.09. The Bertz CT molecular complexity index is 652. The molecule has 1 aromatic carbocycles. The molecule has 5 heteroatoms. The molecule has 1 aromatic heterocycles. The standard InChI is InChI=1S/C14H14N2O3/c1-3-13(17)9(2)10-6-7-12(16(18)19)14-11(10)5-4-8-15-14/h4-9H,3H2,1-2H3. The van der Waals surface area contributed by atoms with E-state index < -0.39 is 4.92 Å². The maximum atomic E-state index is 11.8. The summed E-state index contributed by atoms with van der Waals surface area (Å²) in [6.45, 7) is 3.63. The summed E-state index contributed by atoms with van der Waals surface area (Å²) in [4.78, 5) is 26.4. The predicted octanol–water partition coefficient (Wildman–Crippen LogP) is 3.23. The van der Waals surface area contributed by atoms with Gasteiger partial charge in [-0.2, -0.15) is 0 Å². The van der Waals surface area contributed by atoms with Gasteiger partial charge in [0.15, 0.2) is 0 Å². The fraction of sp³-hybridized carbons (Fsp3) is 0.286. The lowest BCUT2D eigenvalue weighted by Gasteiger charge is -2.12. The first-order valence-corrected chi connectivity index (χ1v) is 6.11. The molecule has 0 bridgehead atoms. The Morgan fingerprint density at radius 2 is 2.16 bits per heavy atom. The van der Waals surface area contributed by atoms with Gasteiger partial charge < -0.3 is 0 Å². The van der Waals surface area contributed by atoms with Crippen molar-refractivity contribution in [2.24, 2.45) is 0 Å². The molecule has 0 amide bonds. The van der Waals surface area contributed by atoms with E-state index in [0.717, 1.165) is 5.56 Å². The van der Waals surface area contributed by atoms with Gasteiger partial charge in [-0.3, -0.25) is 14.9 Å². The Labute approximate surface area is 110 Å². The van der Waals surface area contributed by atoms with Crippen LogP contribution in [0.4, 0.5) is 5.69 Å². The maximum absolute atomic E-state index is 11.8. The summed E-state index contributed by atoms with van der Waals surface area (Å²) in [5, 5.41) is 11.7. The van der Waals surface area contributed by atoms with Crippen LogP contribution in [0.3, 0.4) is 0 Å². The lowest BCUT2D eigenvalue weighted by molar-refractivity contribution is -0.383. The molecule has 0 aliphatic heterocycles. The second-order valence-electron chi connectivity index (χ2n) is 4.37. The lowest BCUT2D eigenvalue weighted by atomic mass is 9.91. The first-order valence-electron chi connectivity index (χ1n) is 6.11. The zero-order chi connectivity index (χ0) is 14.0. The van der Waals surface area contributed by atoms with Crippen LogP contribution in [0.15, 0.2) is 30.5 Å². The smallest absolute Gasteiger partial charge is 0.295 e. The van der Waals surface area contributed by atoms with E-state index in [1.807, 2.05) is 13.8 Å². The number of aromatic nitrogens is 1. The van der Waals surface area contributed by atoms with Crippen molar-refractivity contribution in [1.82, 2.24) is 4.98 Å². The topological polar surface area (TPSA) is 73.1 Å². The quantitative estimate of drug-likeness (QED) is 0.623. The Morgan fingerprint density at radius 1 is 1.42 bits per heavy atom. The Morgan fingerprint density at radius 3 is 2.79 bits per heavy atom. The fourth-order valence-corrected chi connectivity index (χ4v) is 2.18. The van der Waals surface area contributed by atoms with Crippen molar-refractivity contribution in [3.63, 3.8) is 0 Å². The molecule has 0 radical (unpaired) electrons. The molecule has 2 aromatic rings. The van der Waals surface area contributed by atoms with Gasteiger partial charge in [0.25, 0.3) is 5.69 Å². The predicted molar refractivity (Wildman–Crippen MR) is 72.1 cm³/mol. The van der Waals surface area contributed by atoms with Crippen LogP contribution in [0.5, 0.6) is 0 Å². The molecule has 0 saturated carbocycles. The van der Waals surface area contributed by atoms with Crippen molar-refractivity contribution in [1.29, 1.82) is 0 Å². The van der Waals surface area contributed by atoms with Gasteiger partial charge in [0.1, 0.15) is 11.3 Å². The van der Waals surface area contributed by atoms with Gasteiger partial charge in [-0.15, -0.1) is 0 Å². The number of nitrogens with zero attached hydrogens (tertiary/aromatic N) is 2. The maximum Gasteiger partial charge on any atom is 0.295 e. The number of carbonyl (C=O) groups excluding carboxylic acids is 1. The van der Waals surface area contributed by atoms with Crippen LogP contribution in [0.2, 0.25) is 0 Å². The number of hydrogen-bond acceptors (Lipinski definition) is 4. The van der Waals surface area contributed by atoms with Crippen molar-refractivity contribution in [3.8, 4) is 0 Å². The molecule has 2 rings (SSSR count). The summed E-state index contributed by atoms with van der Waals surface area (Å²) in [6, 6.07) is 6.56. The number of Topliss-reactive ketones (excluding diaryl/α,β-unsaturated/α-hetero) is 1. The second kappa shape index (κ2) is 5.14. The normalized spacial score (nSPS) is 12.3. The molecular formula is C14H14N2O3. The van der Waals surface area contributed by atoms with Gasteiger partial charge >= 0.3 is 0 Å². The van der Waals surface area contributed by atoms with Crippen LogP contribution < -0.4 is 0 Å². The molecule has 0 aliphatic carbocycles. The molecule has 98 valence electrons. The van der Waals surface area contributed by atoms with Crippen molar-refractivity contribution < 1.29 is 9.72 Å². The molecule has 1 unspecified atom stereocenters. The zero-order valence-electron chi connectivity index (χ0n) is 10.8. The molecule has 1 atom stereocenters. The molecule has 0 aliphatic rings. The van der Waals surface area contributed by atoms with Gasteiger partial charge in [-0.05, 0) is 11.6 Å². The minimum Gasteiger partial charge on any atom is -0.299 e. The van der Waals surface area contributed by atoms with E-state index in [9.17, 15) is 14.9 Å². The number of hydrogen-bond donors (Lipinski definition) is 0. The fourth-order valence-electron chi connectivity index (χ4n) is 2.18. The van der Waals surface area contributed by atoms with E-state index in [4.69, 9.17) is 0 Å². The van der Waals surface area contributed by atoms with Crippen LogP contribution in [-0.4, -0.2) is 15.7 Å². The first-order chi connectivity index (χ1) is 9.06. The summed E-state index contributed by atoms with van der Waals surface area (Å²) < 4.78 is 0. The van der Waals surface area contributed by atoms with E-state index in [1.165, 1.54) is 12.3 Å². The number of ketones is 1. The highest BCUT2D eigenvalue weighted by molar-refractivity contribution is 5.95. The van der Waals surface area contributed by atoms with E-state index in [0.29, 0.717) is 17.3 Å². The molecule has 19 heavy (non-hydrogen) atoms. The van der Waals surface area contributed by atoms with Gasteiger partial charge in [0, 0.05) is 30.0 Å². The zero-order valence-corrected chi connectivity index (χ0v) is 10.8. The Balaban J connectivity index is 2.68. The van der Waals surface area contributed by atoms with E-state index >= 15 is 0 Å². The van der Waals surface area contributed by atoms with Crippen molar-refractivity contribution in [2.45, 2.75) is 26.2 Å². The molecular weight excluding hydrogens is 244 g/mol. The number of carbonyl (C=O) groups is 1. The summed E-state index contributed by atoms with van der Waals surface area (Å²) in [6.07, 6.45) is 1.96. The molecule has 0 fully saturated rings. The number of nitro benzene ring substituents is 1. The van der Waals surface area contributed by atoms with Gasteiger partial charge in [-0.1, -0.05) is 26.0 Å². The van der Waals surface area contributed by atoms with Crippen LogP contribution >= 0.6 is 0 Å². The van der Waals surface area contributed by atoms with E-state index in [-0.39, 0.29) is 17.4 Å². The third-order valence-electron chi connectivity index (χ3n) is 3.28. The number of non-ortho nitro benzene ring substituents is 1. The molecule has 0 spiro atoms. The number of pyridine rings is 1. The molecule has 0 saturated heterocycles. The minimum absolute atomic E-state index is 0.0319. The SMILES string of the molecule is CCC(=O)C(C)c1ccc([N+](=O)[O-])c2ncccc12. The summed E-state index contributed by atoms with van der Waals surface area (Å²) >= 11 is 0. The van der Waals surface area contributed by atoms with Crippen LogP contribution in [0, 0.1) is 10.1 Å². The highest BCUT2D eigenvalue weighted by Gasteiger charge is 2.20. The van der Waals surface area contributed by atoms with Crippen LogP contribution in [-0.2, 0) is 4.79 Å². The summed E-state index contributed by atoms with van der Waals surface area (Å²) in [7, 11) is 0. The van der Waals surface area contributed by atoms with E-state index in [2.05, 4.69) is 4.98 Å². The van der Waals surface area contributed by atoms with Gasteiger partial charge in [0.2, 0.25) is 0 Å². The van der Waals surface area contributed by atoms with Crippen LogP contribution in [0.25, 0.3) is 10.9 Å². The van der Waals surface area contributed by atoms with Crippen LogP contribution in [0.1, 0.15) is 31.7 Å². The third-order valence-corrected chi connectivity index (χ3v) is 3.28. The van der Waals surface area contributed by atoms with Crippen molar-refractivity contribution in [3.05, 3.63) is 46.1 Å². The monoisotopic (exact) mass is 258 g/mol. The highest BCUT2D eigenvalue weighted by Crippen LogP contribution is 2.31. The second-order valence-corrected chi connectivity index (χ2v) is 4.37. The number of rotatable bonds is 4. The first kappa shape index (κ1) is 13.1. The molecule has 0 N–H and O–H groups in total. The molecule has 1 heterocycles. The number of fused-ring (bicyclic) bond motifs is 1.